The maximum atomic E-state index is 13.7. The van der Waals surface area contributed by atoms with Crippen LogP contribution >= 0.6 is 11.6 Å². The van der Waals surface area contributed by atoms with E-state index in [1.165, 1.54) is 4.57 Å². The number of fused-ring (bicyclic) bond motifs is 2. The van der Waals surface area contributed by atoms with Crippen molar-refractivity contribution in [2.75, 3.05) is 0 Å². The van der Waals surface area contributed by atoms with Gasteiger partial charge in [0.2, 0.25) is 0 Å². The molecule has 0 bridgehead atoms. The fourth-order valence-electron chi connectivity index (χ4n) is 3.60. The van der Waals surface area contributed by atoms with E-state index in [-0.39, 0.29) is 18.5 Å². The first-order valence-electron chi connectivity index (χ1n) is 8.89. The van der Waals surface area contributed by atoms with Crippen molar-refractivity contribution in [1.82, 2.24) is 14.5 Å². The van der Waals surface area contributed by atoms with Crippen LogP contribution in [-0.2, 0) is 6.54 Å². The second-order valence-corrected chi connectivity index (χ2v) is 7.35. The van der Waals surface area contributed by atoms with Crippen LogP contribution in [0.4, 0.5) is 8.78 Å². The normalized spacial score (nSPS) is 19.0. The van der Waals surface area contributed by atoms with E-state index >= 15 is 0 Å². The van der Waals surface area contributed by atoms with Gasteiger partial charge in [-0.2, -0.15) is 8.78 Å². The molecule has 4 rings (SSSR count). The molecule has 0 amide bonds. The van der Waals surface area contributed by atoms with Crippen LogP contribution in [-0.4, -0.2) is 19.9 Å². The Morgan fingerprint density at radius 2 is 2.07 bits per heavy atom. The van der Waals surface area contributed by atoms with Crippen LogP contribution in [0.2, 0.25) is 0 Å². The van der Waals surface area contributed by atoms with E-state index in [2.05, 4.69) is 21.8 Å². The van der Waals surface area contributed by atoms with Gasteiger partial charge in [0.25, 0.3) is 5.56 Å². The predicted octanol–water partition coefficient (Wildman–Crippen LogP) is 4.15. The topological polar surface area (TPSA) is 47.8 Å². The number of alkyl halides is 3. The Balaban J connectivity index is 1.79. The summed E-state index contributed by atoms with van der Waals surface area (Å²) in [5.74, 6) is 4.58. The average Bonchev–Trinajstić information content (AvgIpc) is 2.67. The molecule has 0 radical (unpaired) electrons. The van der Waals surface area contributed by atoms with E-state index in [1.807, 2.05) is 6.07 Å². The van der Waals surface area contributed by atoms with Crippen molar-refractivity contribution in [2.24, 2.45) is 5.92 Å². The minimum atomic E-state index is -3.34. The van der Waals surface area contributed by atoms with E-state index in [1.54, 1.807) is 43.5 Å². The lowest BCUT2D eigenvalue weighted by molar-refractivity contribution is 0.00291. The largest absolute Gasteiger partial charge is 0.325 e. The summed E-state index contributed by atoms with van der Waals surface area (Å²) in [7, 11) is 0. The quantitative estimate of drug-likeness (QED) is 0.456. The molecule has 28 heavy (non-hydrogen) atoms. The molecule has 142 valence electrons. The van der Waals surface area contributed by atoms with Crippen LogP contribution in [0.25, 0.3) is 10.9 Å². The molecule has 1 aromatic carbocycles. The Bertz CT molecular complexity index is 1160. The zero-order chi connectivity index (χ0) is 19.9. The highest BCUT2D eigenvalue weighted by atomic mass is 35.5. The smallest absolute Gasteiger partial charge is 0.296 e. The average molecular weight is 400 g/mol. The maximum Gasteiger partial charge on any atom is 0.325 e. The van der Waals surface area contributed by atoms with E-state index in [4.69, 9.17) is 11.6 Å². The van der Waals surface area contributed by atoms with Crippen molar-refractivity contribution in [3.8, 4) is 11.8 Å². The van der Waals surface area contributed by atoms with Crippen molar-refractivity contribution in [1.29, 1.82) is 0 Å². The van der Waals surface area contributed by atoms with Crippen molar-refractivity contribution in [2.45, 2.75) is 31.2 Å². The lowest BCUT2D eigenvalue weighted by Crippen LogP contribution is -2.39. The number of halogens is 3. The van der Waals surface area contributed by atoms with Gasteiger partial charge in [0, 0.05) is 30.1 Å². The molecule has 0 N–H and O–H groups in total. The Hall–Kier alpha value is -2.78. The Morgan fingerprint density at radius 1 is 1.25 bits per heavy atom. The van der Waals surface area contributed by atoms with Gasteiger partial charge in [0.05, 0.1) is 10.9 Å². The lowest BCUT2D eigenvalue weighted by atomic mass is 9.87. The number of rotatable bonds is 1. The van der Waals surface area contributed by atoms with Gasteiger partial charge in [-0.05, 0) is 54.3 Å². The standard InChI is InChI=1S/C21H16ClF2N3O/c1-13-17(21(22,23)24)9-11-27-19(13)26-18-12-14(6-8-16(18)20(27)28)5-7-15-4-2-3-10-25-15/h2-4,6,8,10,12-13,17H,9,11H2,1H3. The highest BCUT2D eigenvalue weighted by Crippen LogP contribution is 2.43. The monoisotopic (exact) mass is 399 g/mol. The molecule has 2 atom stereocenters. The van der Waals surface area contributed by atoms with Crippen LogP contribution in [0, 0.1) is 17.8 Å². The molecule has 1 aliphatic heterocycles. The first kappa shape index (κ1) is 18.6. The third kappa shape index (κ3) is 3.38. The number of hydrogen-bond donors (Lipinski definition) is 0. The summed E-state index contributed by atoms with van der Waals surface area (Å²) in [5, 5.41) is -2.90. The molecular weight excluding hydrogens is 384 g/mol. The summed E-state index contributed by atoms with van der Waals surface area (Å²) in [4.78, 5) is 21.5. The van der Waals surface area contributed by atoms with Crippen molar-refractivity contribution in [3.05, 3.63) is 70.0 Å². The Kier molecular flexibility index (Phi) is 4.64. The molecule has 0 saturated carbocycles. The third-order valence-corrected chi connectivity index (χ3v) is 5.36. The van der Waals surface area contributed by atoms with Crippen LogP contribution in [0.15, 0.2) is 47.4 Å². The van der Waals surface area contributed by atoms with Gasteiger partial charge in [-0.15, -0.1) is 0 Å². The zero-order valence-corrected chi connectivity index (χ0v) is 15.8. The molecule has 0 aliphatic carbocycles. The first-order valence-corrected chi connectivity index (χ1v) is 9.26. The highest BCUT2D eigenvalue weighted by molar-refractivity contribution is 6.21. The van der Waals surface area contributed by atoms with Crippen molar-refractivity contribution >= 4 is 22.5 Å². The lowest BCUT2D eigenvalue weighted by Gasteiger charge is -2.33. The Morgan fingerprint density at radius 3 is 2.79 bits per heavy atom. The molecule has 7 heteroatoms. The molecule has 0 spiro atoms. The fourth-order valence-corrected chi connectivity index (χ4v) is 3.90. The summed E-state index contributed by atoms with van der Waals surface area (Å²) in [6, 6.07) is 10.6. The summed E-state index contributed by atoms with van der Waals surface area (Å²) < 4.78 is 28.9. The van der Waals surface area contributed by atoms with Crippen molar-refractivity contribution in [3.63, 3.8) is 0 Å². The van der Waals surface area contributed by atoms with Gasteiger partial charge in [0.15, 0.2) is 0 Å². The second kappa shape index (κ2) is 6.99. The summed E-state index contributed by atoms with van der Waals surface area (Å²) >= 11 is 5.28. The van der Waals surface area contributed by atoms with Gasteiger partial charge in [-0.1, -0.05) is 18.9 Å². The molecule has 1 aliphatic rings. The molecular formula is C21H16ClF2N3O. The van der Waals surface area contributed by atoms with Crippen LogP contribution < -0.4 is 5.56 Å². The second-order valence-electron chi connectivity index (χ2n) is 6.85. The first-order chi connectivity index (χ1) is 13.3. The zero-order valence-electron chi connectivity index (χ0n) is 15.0. The molecule has 3 heterocycles. The minimum Gasteiger partial charge on any atom is -0.296 e. The molecule has 0 saturated heterocycles. The van der Waals surface area contributed by atoms with E-state index in [0.29, 0.717) is 28.0 Å². The van der Waals surface area contributed by atoms with Gasteiger partial charge in [0.1, 0.15) is 11.5 Å². The molecule has 0 fully saturated rings. The minimum absolute atomic E-state index is 0.130. The summed E-state index contributed by atoms with van der Waals surface area (Å²) in [6.45, 7) is 1.81. The highest BCUT2D eigenvalue weighted by Gasteiger charge is 2.44. The van der Waals surface area contributed by atoms with Crippen LogP contribution in [0.1, 0.15) is 36.3 Å². The third-order valence-electron chi connectivity index (χ3n) is 5.08. The van der Waals surface area contributed by atoms with E-state index in [9.17, 15) is 13.6 Å². The van der Waals surface area contributed by atoms with Gasteiger partial charge >= 0.3 is 5.38 Å². The molecule has 3 aromatic rings. The summed E-state index contributed by atoms with van der Waals surface area (Å²) in [5.41, 5.74) is 1.50. The van der Waals surface area contributed by atoms with Crippen LogP contribution in [0.5, 0.6) is 0 Å². The molecule has 2 aromatic heterocycles. The Labute approximate surface area is 165 Å². The van der Waals surface area contributed by atoms with Crippen molar-refractivity contribution < 1.29 is 8.78 Å². The van der Waals surface area contributed by atoms with Gasteiger partial charge in [-0.3, -0.25) is 9.36 Å². The SMILES string of the molecule is CC1c2nc3cc(C#Cc4ccccn4)ccc3c(=O)n2CCC1C(F)(F)Cl. The fraction of sp³-hybridized carbons (Fsp3) is 0.286. The molecule has 2 unspecified atom stereocenters. The van der Waals surface area contributed by atoms with Gasteiger partial charge < -0.3 is 0 Å². The molecule has 4 nitrogen and oxygen atoms in total. The van der Waals surface area contributed by atoms with Gasteiger partial charge in [-0.25, -0.2) is 9.97 Å². The summed E-state index contributed by atoms with van der Waals surface area (Å²) in [6.07, 6.45) is 1.79. The van der Waals surface area contributed by atoms with E-state index in [0.717, 1.165) is 0 Å². The predicted molar refractivity (Wildman–Crippen MR) is 104 cm³/mol. The number of aromatic nitrogens is 3. The maximum absolute atomic E-state index is 13.7. The number of nitrogens with zero attached hydrogens (tertiary/aromatic N) is 3. The van der Waals surface area contributed by atoms with E-state index < -0.39 is 17.2 Å². The number of pyridine rings is 1. The number of hydrogen-bond acceptors (Lipinski definition) is 3. The number of benzene rings is 1. The van der Waals surface area contributed by atoms with Crippen LogP contribution in [0.3, 0.4) is 0 Å².